The molecule has 1 saturated carbocycles. The average molecular weight is 351 g/mol. The third-order valence-electron chi connectivity index (χ3n) is 5.55. The molecule has 0 aromatic heterocycles. The van der Waals surface area contributed by atoms with Gasteiger partial charge in [-0.15, -0.1) is 0 Å². The lowest BCUT2D eigenvalue weighted by atomic mass is 9.62. The molecule has 1 amide bonds. The van der Waals surface area contributed by atoms with Crippen LogP contribution in [-0.2, 0) is 16.8 Å². The molecule has 1 fully saturated rings. The standard InChI is InChI=1S/C18H25NO6/c1-19(10-21)8-7-18-14(23)6-4-12(22)17(18)25-16-13(24-2)5-3-11(9-20)15(16)18/h3,5,10,12,14,17,20,22-23H,4,6-9H2,1-2H3/t12-,14+,17-,18-/m0/s1. The minimum absolute atomic E-state index is 0.212. The lowest BCUT2D eigenvalue weighted by Gasteiger charge is -2.45. The van der Waals surface area contributed by atoms with E-state index in [1.807, 2.05) is 0 Å². The molecule has 1 aliphatic carbocycles. The first-order valence-corrected chi connectivity index (χ1v) is 8.49. The lowest BCUT2D eigenvalue weighted by molar-refractivity contribution is -0.118. The molecule has 3 N–H and O–H groups in total. The van der Waals surface area contributed by atoms with Gasteiger partial charge in [-0.05, 0) is 30.9 Å². The van der Waals surface area contributed by atoms with Crippen LogP contribution < -0.4 is 9.47 Å². The molecule has 0 saturated heterocycles. The fourth-order valence-electron chi connectivity index (χ4n) is 4.26. The highest BCUT2D eigenvalue weighted by atomic mass is 16.5. The van der Waals surface area contributed by atoms with Gasteiger partial charge in [-0.25, -0.2) is 0 Å². The molecule has 0 radical (unpaired) electrons. The van der Waals surface area contributed by atoms with Gasteiger partial charge in [-0.3, -0.25) is 4.79 Å². The molecule has 7 heteroatoms. The molecule has 0 spiro atoms. The number of nitrogens with zero attached hydrogens (tertiary/aromatic N) is 1. The minimum atomic E-state index is -0.892. The Hall–Kier alpha value is -1.83. The van der Waals surface area contributed by atoms with Crippen LogP contribution in [0.2, 0.25) is 0 Å². The number of methoxy groups -OCH3 is 1. The molecule has 0 unspecified atom stereocenters. The maximum atomic E-state index is 11.0. The van der Waals surface area contributed by atoms with Crippen molar-refractivity contribution >= 4 is 6.41 Å². The first kappa shape index (κ1) is 18.0. The van der Waals surface area contributed by atoms with Crippen molar-refractivity contribution in [2.75, 3.05) is 20.7 Å². The fourth-order valence-corrected chi connectivity index (χ4v) is 4.26. The van der Waals surface area contributed by atoms with Crippen LogP contribution in [0.15, 0.2) is 12.1 Å². The summed E-state index contributed by atoms with van der Waals surface area (Å²) in [6.07, 6.45) is -0.138. The van der Waals surface area contributed by atoms with E-state index in [1.54, 1.807) is 19.2 Å². The maximum Gasteiger partial charge on any atom is 0.209 e. The molecule has 138 valence electrons. The van der Waals surface area contributed by atoms with Crippen molar-refractivity contribution in [1.82, 2.24) is 4.90 Å². The van der Waals surface area contributed by atoms with E-state index >= 15 is 0 Å². The highest BCUT2D eigenvalue weighted by molar-refractivity contribution is 5.59. The molecule has 1 heterocycles. The van der Waals surface area contributed by atoms with Gasteiger partial charge in [0.2, 0.25) is 6.41 Å². The molecular formula is C18H25NO6. The minimum Gasteiger partial charge on any atom is -0.493 e. The maximum absolute atomic E-state index is 11.0. The van der Waals surface area contributed by atoms with Gasteiger partial charge < -0.3 is 29.7 Å². The number of fused-ring (bicyclic) bond motifs is 3. The van der Waals surface area contributed by atoms with E-state index in [0.29, 0.717) is 48.4 Å². The fraction of sp³-hybridized carbons (Fsp3) is 0.611. The quantitative estimate of drug-likeness (QED) is 0.633. The zero-order chi connectivity index (χ0) is 18.2. The van der Waals surface area contributed by atoms with E-state index < -0.39 is 23.7 Å². The van der Waals surface area contributed by atoms with Crippen LogP contribution in [0.25, 0.3) is 0 Å². The van der Waals surface area contributed by atoms with Crippen LogP contribution in [0.3, 0.4) is 0 Å². The number of aliphatic hydroxyl groups excluding tert-OH is 3. The van der Waals surface area contributed by atoms with Crippen molar-refractivity contribution in [2.45, 2.75) is 49.6 Å². The summed E-state index contributed by atoms with van der Waals surface area (Å²) in [7, 11) is 3.19. The Morgan fingerprint density at radius 2 is 2.16 bits per heavy atom. The van der Waals surface area contributed by atoms with Gasteiger partial charge in [0.25, 0.3) is 0 Å². The van der Waals surface area contributed by atoms with Crippen molar-refractivity contribution < 1.29 is 29.6 Å². The highest BCUT2D eigenvalue weighted by Crippen LogP contribution is 2.56. The SMILES string of the molecule is COc1ccc(CO)c2c1O[C@H]1[C@@H](O)CC[C@@H](O)[C@@]21CCN(C)C=O. The predicted molar refractivity (Wildman–Crippen MR) is 89.6 cm³/mol. The van der Waals surface area contributed by atoms with Gasteiger partial charge in [0, 0.05) is 19.2 Å². The van der Waals surface area contributed by atoms with E-state index in [9.17, 15) is 20.1 Å². The van der Waals surface area contributed by atoms with Crippen LogP contribution in [0.5, 0.6) is 11.5 Å². The van der Waals surface area contributed by atoms with E-state index in [4.69, 9.17) is 9.47 Å². The number of amides is 1. The van der Waals surface area contributed by atoms with Crippen LogP contribution in [0.4, 0.5) is 0 Å². The number of hydrogen-bond acceptors (Lipinski definition) is 6. The highest BCUT2D eigenvalue weighted by Gasteiger charge is 2.59. The molecular weight excluding hydrogens is 326 g/mol. The number of aliphatic hydroxyl groups is 3. The zero-order valence-corrected chi connectivity index (χ0v) is 14.5. The smallest absolute Gasteiger partial charge is 0.209 e. The molecule has 25 heavy (non-hydrogen) atoms. The van der Waals surface area contributed by atoms with Crippen LogP contribution in [-0.4, -0.2) is 65.6 Å². The summed E-state index contributed by atoms with van der Waals surface area (Å²) in [4.78, 5) is 12.5. The first-order chi connectivity index (χ1) is 12.0. The van der Waals surface area contributed by atoms with Gasteiger partial charge in [0.15, 0.2) is 11.5 Å². The average Bonchev–Trinajstić information content (AvgIpc) is 2.99. The Kier molecular flexibility index (Phi) is 4.90. The second-order valence-electron chi connectivity index (χ2n) is 6.86. The van der Waals surface area contributed by atoms with Crippen LogP contribution in [0, 0.1) is 0 Å². The molecule has 0 bridgehead atoms. The summed E-state index contributed by atoms with van der Waals surface area (Å²) in [5, 5.41) is 31.3. The largest absolute Gasteiger partial charge is 0.493 e. The number of hydrogen-bond donors (Lipinski definition) is 3. The Bertz CT molecular complexity index is 651. The molecule has 1 aromatic carbocycles. The number of carbonyl (C=O) groups excluding carboxylic acids is 1. The van der Waals surface area contributed by atoms with Crippen molar-refractivity contribution in [2.24, 2.45) is 0 Å². The Morgan fingerprint density at radius 3 is 2.80 bits per heavy atom. The van der Waals surface area contributed by atoms with E-state index in [2.05, 4.69) is 0 Å². The number of carbonyl (C=O) groups is 1. The van der Waals surface area contributed by atoms with Crippen LogP contribution >= 0.6 is 0 Å². The molecule has 1 aromatic rings. The number of benzene rings is 1. The monoisotopic (exact) mass is 351 g/mol. The summed E-state index contributed by atoms with van der Waals surface area (Å²) < 4.78 is 11.5. The summed E-state index contributed by atoms with van der Waals surface area (Å²) in [5.41, 5.74) is 0.432. The van der Waals surface area contributed by atoms with E-state index in [0.717, 1.165) is 6.41 Å². The third-order valence-corrected chi connectivity index (χ3v) is 5.55. The Labute approximate surface area is 146 Å². The summed E-state index contributed by atoms with van der Waals surface area (Å²) in [6.45, 7) is 0.186. The van der Waals surface area contributed by atoms with Crippen molar-refractivity contribution in [3.05, 3.63) is 23.3 Å². The first-order valence-electron chi connectivity index (χ1n) is 8.49. The van der Waals surface area contributed by atoms with Gasteiger partial charge >= 0.3 is 0 Å². The van der Waals surface area contributed by atoms with E-state index in [1.165, 1.54) is 12.0 Å². The summed E-state index contributed by atoms with van der Waals surface area (Å²) in [6, 6.07) is 3.47. The Balaban J connectivity index is 2.17. The van der Waals surface area contributed by atoms with Crippen LogP contribution in [0.1, 0.15) is 30.4 Å². The van der Waals surface area contributed by atoms with E-state index in [-0.39, 0.29) is 6.61 Å². The topological polar surface area (TPSA) is 99.5 Å². The number of rotatable bonds is 6. The Morgan fingerprint density at radius 1 is 1.40 bits per heavy atom. The number of ether oxygens (including phenoxy) is 2. The molecule has 4 atom stereocenters. The third kappa shape index (κ3) is 2.67. The second-order valence-corrected chi connectivity index (χ2v) is 6.86. The zero-order valence-electron chi connectivity index (χ0n) is 14.5. The second kappa shape index (κ2) is 6.82. The molecule has 2 aliphatic rings. The van der Waals surface area contributed by atoms with Gasteiger partial charge in [-0.1, -0.05) is 6.07 Å². The predicted octanol–water partition coefficient (Wildman–Crippen LogP) is 0.180. The molecule has 1 aliphatic heterocycles. The normalized spacial score (nSPS) is 30.2. The lowest BCUT2D eigenvalue weighted by Crippen LogP contribution is -2.58. The molecule has 3 rings (SSSR count). The molecule has 7 nitrogen and oxygen atoms in total. The van der Waals surface area contributed by atoms with Gasteiger partial charge in [0.05, 0.1) is 31.3 Å². The van der Waals surface area contributed by atoms with Crippen molar-refractivity contribution in [3.8, 4) is 11.5 Å². The van der Waals surface area contributed by atoms with Gasteiger partial charge in [0.1, 0.15) is 6.10 Å². The van der Waals surface area contributed by atoms with Gasteiger partial charge in [-0.2, -0.15) is 0 Å². The summed E-state index contributed by atoms with van der Waals surface area (Å²) in [5.74, 6) is 0.969. The van der Waals surface area contributed by atoms with Crippen molar-refractivity contribution in [3.63, 3.8) is 0 Å². The van der Waals surface area contributed by atoms with Crippen molar-refractivity contribution in [1.29, 1.82) is 0 Å². The summed E-state index contributed by atoms with van der Waals surface area (Å²) >= 11 is 0.